The van der Waals surface area contributed by atoms with Gasteiger partial charge < -0.3 is 41.9 Å². The second-order valence-electron chi connectivity index (χ2n) is 7.07. The highest BCUT2D eigenvalue weighted by Gasteiger charge is 2.37. The highest BCUT2D eigenvalue weighted by Crippen LogP contribution is 2.18. The minimum absolute atomic E-state index is 0.289. The van der Waals surface area contributed by atoms with Gasteiger partial charge in [0.1, 0.15) is 24.7 Å². The number of carbonyl (C=O) groups excluding carboxylic acids is 4. The van der Waals surface area contributed by atoms with E-state index in [0.717, 1.165) is 0 Å². The van der Waals surface area contributed by atoms with Crippen LogP contribution in [0.15, 0.2) is 0 Å². The van der Waals surface area contributed by atoms with Crippen LogP contribution in [0.4, 0.5) is 0 Å². The summed E-state index contributed by atoms with van der Waals surface area (Å²) >= 11 is 0. The first-order chi connectivity index (χ1) is 14.0. The number of hydrogen-bond donors (Lipinski definition) is 7. The molecule has 30 heavy (non-hydrogen) atoms. The third-order valence-corrected chi connectivity index (χ3v) is 4.56. The molecule has 1 saturated heterocycles. The van der Waals surface area contributed by atoms with Gasteiger partial charge in [-0.3, -0.25) is 24.0 Å². The number of carbonyl (C=O) groups is 5. The van der Waals surface area contributed by atoms with Crippen molar-refractivity contribution < 1.29 is 39.3 Å². The van der Waals surface area contributed by atoms with E-state index >= 15 is 0 Å². The number of carboxylic acid groups (broad SMARTS) is 1. The average Bonchev–Trinajstić information content (AvgIpc) is 3.16. The van der Waals surface area contributed by atoms with Crippen LogP contribution in [0.2, 0.25) is 0 Å². The lowest BCUT2D eigenvalue weighted by molar-refractivity contribution is -0.141. The summed E-state index contributed by atoms with van der Waals surface area (Å²) in [5, 5.41) is 34.3. The molecular weight excluding hydrogens is 402 g/mol. The van der Waals surface area contributed by atoms with Crippen LogP contribution < -0.4 is 21.7 Å². The zero-order valence-corrected chi connectivity index (χ0v) is 16.8. The van der Waals surface area contributed by atoms with Gasteiger partial charge in [0, 0.05) is 6.54 Å². The fourth-order valence-corrected chi connectivity index (χ4v) is 2.89. The summed E-state index contributed by atoms with van der Waals surface area (Å²) in [6.07, 6.45) is -1.49. The second kappa shape index (κ2) is 11.4. The monoisotopic (exact) mass is 431 g/mol. The van der Waals surface area contributed by atoms with Gasteiger partial charge in [-0.25, -0.2) is 0 Å². The maximum atomic E-state index is 12.4. The Bertz CT molecular complexity index is 669. The molecule has 0 bridgehead atoms. The predicted molar refractivity (Wildman–Crippen MR) is 102 cm³/mol. The Morgan fingerprint density at radius 2 is 1.70 bits per heavy atom. The molecule has 13 nitrogen and oxygen atoms in total. The number of likely N-dealkylation sites (tertiary alicyclic amines) is 1. The number of aliphatic carboxylic acids is 1. The van der Waals surface area contributed by atoms with Crippen molar-refractivity contribution in [3.8, 4) is 0 Å². The molecule has 1 heterocycles. The van der Waals surface area contributed by atoms with Crippen molar-refractivity contribution in [1.29, 1.82) is 0 Å². The second-order valence-corrected chi connectivity index (χ2v) is 7.07. The molecular formula is C17H29N5O8. The largest absolute Gasteiger partial charge is 0.480 e. The van der Waals surface area contributed by atoms with E-state index < -0.39 is 73.0 Å². The van der Waals surface area contributed by atoms with Crippen molar-refractivity contribution >= 4 is 29.6 Å². The van der Waals surface area contributed by atoms with Crippen LogP contribution in [0.3, 0.4) is 0 Å². The molecule has 5 atom stereocenters. The van der Waals surface area contributed by atoms with Gasteiger partial charge in [0.25, 0.3) is 0 Å². The van der Waals surface area contributed by atoms with Crippen molar-refractivity contribution in [3.63, 3.8) is 0 Å². The van der Waals surface area contributed by atoms with Crippen LogP contribution in [0, 0.1) is 0 Å². The van der Waals surface area contributed by atoms with Crippen LogP contribution in [0.1, 0.15) is 26.7 Å². The van der Waals surface area contributed by atoms with E-state index in [1.807, 2.05) is 5.32 Å². The summed E-state index contributed by atoms with van der Waals surface area (Å²) in [5.41, 5.74) is 5.64. The number of amides is 4. The first kappa shape index (κ1) is 25.3. The third kappa shape index (κ3) is 7.24. The summed E-state index contributed by atoms with van der Waals surface area (Å²) in [7, 11) is 0. The lowest BCUT2D eigenvalue weighted by Gasteiger charge is -2.27. The Balaban J connectivity index is 2.61. The van der Waals surface area contributed by atoms with E-state index in [0.29, 0.717) is 12.8 Å². The first-order valence-electron chi connectivity index (χ1n) is 9.44. The summed E-state index contributed by atoms with van der Waals surface area (Å²) < 4.78 is 0. The van der Waals surface area contributed by atoms with Gasteiger partial charge in [-0.2, -0.15) is 0 Å². The predicted octanol–water partition coefficient (Wildman–Crippen LogP) is -4.13. The number of nitrogens with zero attached hydrogens (tertiary/aromatic N) is 1. The molecule has 0 aromatic rings. The molecule has 1 fully saturated rings. The standard InChI is InChI=1S/C17H29N5O8/c1-8(23)13(18)17(30)22-5-3-4-10(22)15(28)19-6-11(25)21-14(9(2)24)16(29)20-7-12(26)27/h8-10,13-14,23-24H,3-7,18H2,1-2H3,(H,19,28)(H,20,29)(H,21,25)(H,26,27)/t8-,9-,10+,13+,14+/m1/s1. The van der Waals surface area contributed by atoms with Gasteiger partial charge in [-0.15, -0.1) is 0 Å². The quantitative estimate of drug-likeness (QED) is 0.179. The molecule has 0 unspecified atom stereocenters. The van der Waals surface area contributed by atoms with Crippen molar-refractivity contribution in [1.82, 2.24) is 20.9 Å². The summed E-state index contributed by atoms with van der Waals surface area (Å²) in [6, 6.07) is -3.43. The molecule has 0 aliphatic carbocycles. The number of rotatable bonds is 10. The van der Waals surface area contributed by atoms with E-state index in [4.69, 9.17) is 10.8 Å². The molecule has 0 aromatic heterocycles. The Morgan fingerprint density at radius 1 is 1.07 bits per heavy atom. The number of aliphatic hydroxyl groups is 2. The van der Waals surface area contributed by atoms with Crippen molar-refractivity contribution in [2.75, 3.05) is 19.6 Å². The fraction of sp³-hybridized carbons (Fsp3) is 0.706. The van der Waals surface area contributed by atoms with E-state index in [9.17, 15) is 34.2 Å². The summed E-state index contributed by atoms with van der Waals surface area (Å²) in [6.45, 7) is 1.67. The molecule has 0 spiro atoms. The molecule has 0 saturated carbocycles. The molecule has 1 aliphatic heterocycles. The molecule has 1 aliphatic rings. The molecule has 170 valence electrons. The molecule has 13 heteroatoms. The number of carboxylic acids is 1. The highest BCUT2D eigenvalue weighted by atomic mass is 16.4. The van der Waals surface area contributed by atoms with Crippen LogP contribution >= 0.6 is 0 Å². The Hall–Kier alpha value is -2.77. The Morgan fingerprint density at radius 3 is 2.23 bits per heavy atom. The molecule has 4 amide bonds. The number of hydrogen-bond acceptors (Lipinski definition) is 8. The SMILES string of the molecule is C[C@@H](O)[C@H](N)C(=O)N1CCC[C@H]1C(=O)NCC(=O)N[C@H](C(=O)NCC(=O)O)[C@@H](C)O. The average molecular weight is 431 g/mol. The topological polar surface area (TPSA) is 211 Å². The summed E-state index contributed by atoms with van der Waals surface area (Å²) in [4.78, 5) is 60.4. The Kier molecular flexibility index (Phi) is 9.62. The smallest absolute Gasteiger partial charge is 0.322 e. The zero-order valence-electron chi connectivity index (χ0n) is 16.8. The zero-order chi connectivity index (χ0) is 23.0. The summed E-state index contributed by atoms with van der Waals surface area (Å²) in [5.74, 6) is -4.16. The van der Waals surface area contributed by atoms with Crippen molar-refractivity contribution in [2.24, 2.45) is 5.73 Å². The van der Waals surface area contributed by atoms with Gasteiger partial charge in [-0.1, -0.05) is 0 Å². The first-order valence-corrected chi connectivity index (χ1v) is 9.44. The van der Waals surface area contributed by atoms with Crippen LogP contribution in [-0.4, -0.2) is 99.8 Å². The minimum Gasteiger partial charge on any atom is -0.480 e. The lowest BCUT2D eigenvalue weighted by atomic mass is 10.1. The van der Waals surface area contributed by atoms with Gasteiger partial charge in [-0.05, 0) is 26.7 Å². The number of nitrogens with one attached hydrogen (secondary N) is 3. The van der Waals surface area contributed by atoms with Crippen LogP contribution in [-0.2, 0) is 24.0 Å². The van der Waals surface area contributed by atoms with E-state index in [2.05, 4.69) is 10.6 Å². The van der Waals surface area contributed by atoms with E-state index in [-0.39, 0.29) is 6.54 Å². The molecule has 1 rings (SSSR count). The maximum Gasteiger partial charge on any atom is 0.322 e. The van der Waals surface area contributed by atoms with Crippen LogP contribution in [0.5, 0.6) is 0 Å². The fourth-order valence-electron chi connectivity index (χ4n) is 2.89. The van der Waals surface area contributed by atoms with Gasteiger partial charge in [0.15, 0.2) is 0 Å². The van der Waals surface area contributed by atoms with Gasteiger partial charge in [0.2, 0.25) is 23.6 Å². The third-order valence-electron chi connectivity index (χ3n) is 4.56. The van der Waals surface area contributed by atoms with Crippen molar-refractivity contribution in [2.45, 2.75) is 57.0 Å². The van der Waals surface area contributed by atoms with Crippen molar-refractivity contribution in [3.05, 3.63) is 0 Å². The minimum atomic E-state index is -1.41. The highest BCUT2D eigenvalue weighted by molar-refractivity contribution is 5.94. The number of nitrogens with two attached hydrogens (primary N) is 1. The van der Waals surface area contributed by atoms with E-state index in [1.54, 1.807) is 0 Å². The normalized spacial score (nSPS) is 19.9. The maximum absolute atomic E-state index is 12.4. The lowest BCUT2D eigenvalue weighted by Crippen LogP contribution is -2.56. The van der Waals surface area contributed by atoms with Gasteiger partial charge >= 0.3 is 5.97 Å². The molecule has 0 aromatic carbocycles. The van der Waals surface area contributed by atoms with Gasteiger partial charge in [0.05, 0.1) is 18.8 Å². The Labute approximate surface area is 173 Å². The molecule has 0 radical (unpaired) electrons. The van der Waals surface area contributed by atoms with E-state index in [1.165, 1.54) is 18.7 Å². The number of aliphatic hydroxyl groups excluding tert-OH is 2. The molecule has 8 N–H and O–H groups in total. The van der Waals surface area contributed by atoms with Crippen LogP contribution in [0.25, 0.3) is 0 Å².